The van der Waals surface area contributed by atoms with Crippen LogP contribution in [-0.2, 0) is 10.2 Å². The molecule has 2 aromatic rings. The first-order valence-corrected chi connectivity index (χ1v) is 12.5. The van der Waals surface area contributed by atoms with Crippen molar-refractivity contribution in [3.05, 3.63) is 59.2 Å². The number of aliphatic imine (C=N–C) groups is 1. The second-order valence-corrected chi connectivity index (χ2v) is 10.3. The Morgan fingerprint density at radius 1 is 1.06 bits per heavy atom. The Balaban J connectivity index is 1.39. The van der Waals surface area contributed by atoms with E-state index in [2.05, 4.69) is 43.0 Å². The van der Waals surface area contributed by atoms with E-state index in [1.165, 1.54) is 22.3 Å². The zero-order valence-electron chi connectivity index (χ0n) is 21.1. The molecular weight excluding hydrogens is 476 g/mol. The molecular formula is C27H30N4O4S. The fourth-order valence-electron chi connectivity index (χ4n) is 3.60. The van der Waals surface area contributed by atoms with E-state index in [1.807, 2.05) is 19.1 Å². The summed E-state index contributed by atoms with van der Waals surface area (Å²) < 4.78 is 17.2. The van der Waals surface area contributed by atoms with Gasteiger partial charge in [-0.2, -0.15) is 15.1 Å². The Morgan fingerprint density at radius 3 is 2.44 bits per heavy atom. The first-order valence-electron chi connectivity index (χ1n) is 11.7. The molecule has 0 aromatic heterocycles. The molecule has 0 aliphatic carbocycles. The Labute approximate surface area is 215 Å². The van der Waals surface area contributed by atoms with E-state index in [4.69, 9.17) is 19.6 Å². The third kappa shape index (κ3) is 5.62. The number of fused-ring (bicyclic) bond motifs is 1. The van der Waals surface area contributed by atoms with Crippen LogP contribution < -0.4 is 14.2 Å². The fraction of sp³-hybridized carbons (Fsp3) is 0.333. The maximum Gasteiger partial charge on any atom is 0.283 e. The Morgan fingerprint density at radius 2 is 1.78 bits per heavy atom. The van der Waals surface area contributed by atoms with Crippen molar-refractivity contribution < 1.29 is 19.0 Å². The number of amides is 1. The topological polar surface area (TPSA) is 96.6 Å². The third-order valence-corrected chi connectivity index (χ3v) is 6.68. The van der Waals surface area contributed by atoms with E-state index >= 15 is 0 Å². The first kappa shape index (κ1) is 25.5. The van der Waals surface area contributed by atoms with Gasteiger partial charge in [-0.05, 0) is 65.1 Å². The van der Waals surface area contributed by atoms with Gasteiger partial charge in [-0.15, -0.1) is 0 Å². The number of hydrogen-bond donors (Lipinski definition) is 1. The van der Waals surface area contributed by atoms with Gasteiger partial charge in [0.25, 0.3) is 5.91 Å². The maximum atomic E-state index is 12.6. The van der Waals surface area contributed by atoms with Gasteiger partial charge in [0, 0.05) is 0 Å². The highest BCUT2D eigenvalue weighted by molar-refractivity contribution is 8.26. The number of nitrogens with one attached hydrogen (secondary N) is 1. The summed E-state index contributed by atoms with van der Waals surface area (Å²) in [6, 6.07) is 13.4. The number of thioether (sulfide) groups is 1. The molecule has 0 atom stereocenters. The molecule has 188 valence electrons. The van der Waals surface area contributed by atoms with Crippen LogP contribution in [0, 0.1) is 5.41 Å². The molecule has 2 aliphatic rings. The molecule has 36 heavy (non-hydrogen) atoms. The Bertz CT molecular complexity index is 1260. The molecule has 0 unspecified atom stereocenters. The van der Waals surface area contributed by atoms with Crippen LogP contribution in [0.15, 0.2) is 58.1 Å². The van der Waals surface area contributed by atoms with Crippen LogP contribution in [0.1, 0.15) is 45.2 Å². The normalized spacial score (nSPS) is 16.6. The van der Waals surface area contributed by atoms with Crippen molar-refractivity contribution in [1.82, 2.24) is 5.01 Å². The highest BCUT2D eigenvalue weighted by atomic mass is 32.2. The first-order chi connectivity index (χ1) is 17.2. The van der Waals surface area contributed by atoms with Gasteiger partial charge >= 0.3 is 0 Å². The summed E-state index contributed by atoms with van der Waals surface area (Å²) in [5.41, 5.74) is 2.21. The summed E-state index contributed by atoms with van der Waals surface area (Å²) in [7, 11) is 1.55. The number of rotatable bonds is 8. The second kappa shape index (κ2) is 10.6. The van der Waals surface area contributed by atoms with E-state index in [1.54, 1.807) is 31.4 Å². The number of carbonyl (C=O) groups excluding carboxylic acids is 1. The van der Waals surface area contributed by atoms with Crippen LogP contribution in [0.25, 0.3) is 6.08 Å². The molecule has 1 N–H and O–H groups in total. The van der Waals surface area contributed by atoms with Gasteiger partial charge in [-0.1, -0.05) is 45.9 Å². The number of ether oxygens (including phenoxy) is 3. The van der Waals surface area contributed by atoms with Crippen LogP contribution >= 0.6 is 11.8 Å². The molecule has 0 saturated heterocycles. The van der Waals surface area contributed by atoms with Crippen LogP contribution in [0.3, 0.4) is 0 Å². The monoisotopic (exact) mass is 506 g/mol. The smallest absolute Gasteiger partial charge is 0.283 e. The predicted octanol–water partition coefficient (Wildman–Crippen LogP) is 5.48. The van der Waals surface area contributed by atoms with Gasteiger partial charge in [-0.3, -0.25) is 10.2 Å². The van der Waals surface area contributed by atoms with E-state index in [0.29, 0.717) is 41.9 Å². The SMILES string of the molecule is CCC1=NN2C(=N)/C(=C/c3ccc(OCCOc4ccc(C(C)(C)C)cc4)c(OC)c3)C(=O)N=C2S1. The van der Waals surface area contributed by atoms with Crippen molar-refractivity contribution in [2.45, 2.75) is 39.5 Å². The van der Waals surface area contributed by atoms with Gasteiger partial charge < -0.3 is 14.2 Å². The van der Waals surface area contributed by atoms with Crippen LogP contribution in [0.5, 0.6) is 17.2 Å². The van der Waals surface area contributed by atoms with Crippen LogP contribution in [-0.4, -0.2) is 47.3 Å². The molecule has 2 aromatic carbocycles. The zero-order chi connectivity index (χ0) is 25.9. The lowest BCUT2D eigenvalue weighted by molar-refractivity contribution is -0.114. The molecule has 0 saturated carbocycles. The fourth-order valence-corrected chi connectivity index (χ4v) is 4.42. The van der Waals surface area contributed by atoms with Crippen molar-refractivity contribution in [1.29, 1.82) is 5.41 Å². The maximum absolute atomic E-state index is 12.6. The van der Waals surface area contributed by atoms with E-state index < -0.39 is 5.91 Å². The number of methoxy groups -OCH3 is 1. The standard InChI is InChI=1S/C27H30N4O4S/c1-6-23-30-31-24(28)20(25(32)29-26(31)36-23)15-17-7-12-21(22(16-17)33-5)35-14-13-34-19-10-8-18(9-11-19)27(2,3)4/h7-12,15-16,28H,6,13-14H2,1-5H3/b20-15-,28-24?. The van der Waals surface area contributed by atoms with Crippen LogP contribution in [0.4, 0.5) is 0 Å². The largest absolute Gasteiger partial charge is 0.493 e. The lowest BCUT2D eigenvalue weighted by atomic mass is 9.87. The molecule has 0 fully saturated rings. The molecule has 2 heterocycles. The summed E-state index contributed by atoms with van der Waals surface area (Å²) in [5, 5.41) is 15.5. The van der Waals surface area contributed by atoms with Crippen molar-refractivity contribution in [3.63, 3.8) is 0 Å². The highest BCUT2D eigenvalue weighted by Crippen LogP contribution is 2.32. The van der Waals surface area contributed by atoms with E-state index in [0.717, 1.165) is 10.8 Å². The van der Waals surface area contributed by atoms with E-state index in [9.17, 15) is 4.79 Å². The predicted molar refractivity (Wildman–Crippen MR) is 144 cm³/mol. The minimum Gasteiger partial charge on any atom is -0.493 e. The average molecular weight is 507 g/mol. The lowest BCUT2D eigenvalue weighted by Gasteiger charge is -2.20. The highest BCUT2D eigenvalue weighted by Gasteiger charge is 2.35. The lowest BCUT2D eigenvalue weighted by Crippen LogP contribution is -2.35. The summed E-state index contributed by atoms with van der Waals surface area (Å²) in [6.07, 6.45) is 2.33. The van der Waals surface area contributed by atoms with Gasteiger partial charge in [0.15, 0.2) is 17.3 Å². The summed E-state index contributed by atoms with van der Waals surface area (Å²) >= 11 is 1.32. The summed E-state index contributed by atoms with van der Waals surface area (Å²) in [4.78, 5) is 16.7. The average Bonchev–Trinajstić information content (AvgIpc) is 3.28. The van der Waals surface area contributed by atoms with Crippen LogP contribution in [0.2, 0.25) is 0 Å². The molecule has 4 rings (SSSR count). The minimum atomic E-state index is -0.460. The number of carbonyl (C=O) groups is 1. The molecule has 1 amide bonds. The van der Waals surface area contributed by atoms with Gasteiger partial charge in [0.2, 0.25) is 5.17 Å². The van der Waals surface area contributed by atoms with Gasteiger partial charge in [0.05, 0.1) is 12.7 Å². The summed E-state index contributed by atoms with van der Waals surface area (Å²) in [6.45, 7) is 9.22. The Hall–Kier alpha value is -3.59. The summed E-state index contributed by atoms with van der Waals surface area (Å²) in [5.74, 6) is 1.41. The van der Waals surface area contributed by atoms with E-state index in [-0.39, 0.29) is 16.8 Å². The molecule has 2 aliphatic heterocycles. The number of hydrogen-bond acceptors (Lipinski definition) is 7. The third-order valence-electron chi connectivity index (χ3n) is 5.63. The molecule has 0 bridgehead atoms. The van der Waals surface area contributed by atoms with Crippen molar-refractivity contribution >= 4 is 39.8 Å². The molecule has 9 heteroatoms. The van der Waals surface area contributed by atoms with Crippen molar-refractivity contribution in [2.75, 3.05) is 20.3 Å². The van der Waals surface area contributed by atoms with Gasteiger partial charge in [0.1, 0.15) is 24.0 Å². The molecule has 0 spiro atoms. The number of benzene rings is 2. The number of nitrogens with zero attached hydrogens (tertiary/aromatic N) is 3. The zero-order valence-corrected chi connectivity index (χ0v) is 21.9. The van der Waals surface area contributed by atoms with Crippen molar-refractivity contribution in [3.8, 4) is 17.2 Å². The number of hydrazone groups is 1. The minimum absolute atomic E-state index is 0.00734. The Kier molecular flexibility index (Phi) is 7.49. The quantitative estimate of drug-likeness (QED) is 0.376. The molecule has 0 radical (unpaired) electrons. The molecule has 8 nitrogen and oxygen atoms in total. The van der Waals surface area contributed by atoms with Gasteiger partial charge in [-0.25, -0.2) is 0 Å². The number of amidine groups is 2. The van der Waals surface area contributed by atoms with Crippen molar-refractivity contribution in [2.24, 2.45) is 10.1 Å². The second-order valence-electron chi connectivity index (χ2n) is 9.25.